The molecule has 2 aromatic rings. The quantitative estimate of drug-likeness (QED) is 0.833. The third kappa shape index (κ3) is 3.94. The Balaban J connectivity index is 1.68. The fourth-order valence-electron chi connectivity index (χ4n) is 2.53. The number of hydrogen-bond acceptors (Lipinski definition) is 6. The molecule has 0 radical (unpaired) electrons. The van der Waals surface area contributed by atoms with E-state index in [1.807, 2.05) is 31.3 Å². The Labute approximate surface area is 135 Å². The number of carbonyl (C=O) groups is 1. The van der Waals surface area contributed by atoms with E-state index in [0.717, 1.165) is 49.7 Å². The molecule has 120 valence electrons. The summed E-state index contributed by atoms with van der Waals surface area (Å²) in [6.07, 6.45) is 4.48. The van der Waals surface area contributed by atoms with Crippen LogP contribution in [0.15, 0.2) is 30.6 Å². The van der Waals surface area contributed by atoms with Crippen LogP contribution in [0.25, 0.3) is 0 Å². The van der Waals surface area contributed by atoms with Crippen LogP contribution >= 0.6 is 0 Å². The Kier molecular flexibility index (Phi) is 4.65. The monoisotopic (exact) mass is 312 g/mol. The summed E-state index contributed by atoms with van der Waals surface area (Å²) in [6, 6.07) is 5.90. The highest BCUT2D eigenvalue weighted by Gasteiger charge is 2.17. The molecular formula is C16H20N6O. The van der Waals surface area contributed by atoms with Crippen molar-refractivity contribution in [3.63, 3.8) is 0 Å². The maximum Gasteiger partial charge on any atom is 0.225 e. The van der Waals surface area contributed by atoms with Crippen molar-refractivity contribution < 1.29 is 4.79 Å². The molecule has 7 nitrogen and oxygen atoms in total. The van der Waals surface area contributed by atoms with Gasteiger partial charge >= 0.3 is 0 Å². The van der Waals surface area contributed by atoms with Crippen LogP contribution < -0.4 is 10.2 Å². The van der Waals surface area contributed by atoms with Gasteiger partial charge in [-0.3, -0.25) is 9.78 Å². The Bertz CT molecular complexity index is 655. The van der Waals surface area contributed by atoms with Gasteiger partial charge in [0.25, 0.3) is 0 Å². The average Bonchev–Trinajstić information content (AvgIpc) is 2.60. The van der Waals surface area contributed by atoms with Crippen molar-refractivity contribution in [2.24, 2.45) is 0 Å². The van der Waals surface area contributed by atoms with Gasteiger partial charge in [-0.25, -0.2) is 4.98 Å². The van der Waals surface area contributed by atoms with E-state index in [9.17, 15) is 4.79 Å². The Morgan fingerprint density at radius 2 is 2.09 bits per heavy atom. The molecule has 3 rings (SSSR count). The van der Waals surface area contributed by atoms with Crippen LogP contribution in [-0.2, 0) is 11.3 Å². The van der Waals surface area contributed by atoms with Crippen LogP contribution in [0.5, 0.6) is 0 Å². The van der Waals surface area contributed by atoms with Crippen LogP contribution in [0.1, 0.15) is 11.3 Å². The first-order valence-corrected chi connectivity index (χ1v) is 7.67. The van der Waals surface area contributed by atoms with Gasteiger partial charge in [-0.05, 0) is 18.6 Å². The molecule has 1 fully saturated rings. The lowest BCUT2D eigenvalue weighted by molar-refractivity contribution is -0.118. The molecule has 1 aliphatic heterocycles. The summed E-state index contributed by atoms with van der Waals surface area (Å²) in [6.45, 7) is 5.63. The molecule has 0 saturated carbocycles. The second kappa shape index (κ2) is 7.04. The summed E-state index contributed by atoms with van der Waals surface area (Å²) < 4.78 is 0. The van der Waals surface area contributed by atoms with Gasteiger partial charge in [0, 0.05) is 56.9 Å². The van der Waals surface area contributed by atoms with Crippen molar-refractivity contribution in [3.05, 3.63) is 41.9 Å². The molecule has 1 N–H and O–H groups in total. The molecule has 0 bridgehead atoms. The first kappa shape index (κ1) is 15.2. The van der Waals surface area contributed by atoms with E-state index in [4.69, 9.17) is 0 Å². The highest BCUT2D eigenvalue weighted by molar-refractivity contribution is 5.50. The number of carbonyl (C=O) groups excluding carboxylic acids is 1. The predicted octanol–water partition coefficient (Wildman–Crippen LogP) is 1.07. The third-order valence-corrected chi connectivity index (χ3v) is 3.80. The van der Waals surface area contributed by atoms with Crippen molar-refractivity contribution in [1.82, 2.24) is 19.9 Å². The van der Waals surface area contributed by atoms with Crippen molar-refractivity contribution in [2.45, 2.75) is 13.5 Å². The minimum absolute atomic E-state index is 0.613. The summed E-state index contributed by atoms with van der Waals surface area (Å²) in [5, 5.41) is 3.25. The van der Waals surface area contributed by atoms with E-state index < -0.39 is 0 Å². The number of nitrogens with one attached hydrogen (secondary N) is 1. The van der Waals surface area contributed by atoms with E-state index in [1.165, 1.54) is 0 Å². The van der Waals surface area contributed by atoms with Gasteiger partial charge in [0.1, 0.15) is 5.82 Å². The zero-order valence-corrected chi connectivity index (χ0v) is 13.1. The van der Waals surface area contributed by atoms with E-state index in [0.29, 0.717) is 12.5 Å². The van der Waals surface area contributed by atoms with Crippen LogP contribution in [0.2, 0.25) is 0 Å². The number of hydrogen-bond donors (Lipinski definition) is 1. The van der Waals surface area contributed by atoms with E-state index in [-0.39, 0.29) is 0 Å². The van der Waals surface area contributed by atoms with Crippen LogP contribution in [-0.4, -0.2) is 52.4 Å². The number of pyridine rings is 1. The first-order valence-electron chi connectivity index (χ1n) is 7.67. The molecular weight excluding hydrogens is 292 g/mol. The molecule has 3 heterocycles. The minimum atomic E-state index is 0.613. The highest BCUT2D eigenvalue weighted by atomic mass is 16.1. The lowest BCUT2D eigenvalue weighted by atomic mass is 10.3. The van der Waals surface area contributed by atoms with Crippen LogP contribution in [0.3, 0.4) is 0 Å². The number of rotatable bonds is 5. The summed E-state index contributed by atoms with van der Waals surface area (Å²) in [4.78, 5) is 27.9. The normalized spacial score (nSPS) is 14.7. The lowest BCUT2D eigenvalue weighted by Crippen LogP contribution is -2.46. The standard InChI is InChI=1S/C16H20N6O/c1-13-9-15(22-7-5-21(12-23)6-8-22)20-16(19-13)18-11-14-3-2-4-17-10-14/h2-4,9-10,12H,5-8,11H2,1H3,(H,18,19,20). The molecule has 0 atom stereocenters. The SMILES string of the molecule is Cc1cc(N2CCN(C=O)CC2)nc(NCc2cccnc2)n1. The Morgan fingerprint density at radius 1 is 1.26 bits per heavy atom. The van der Waals surface area contributed by atoms with Crippen molar-refractivity contribution in [1.29, 1.82) is 0 Å². The second-order valence-corrected chi connectivity index (χ2v) is 5.53. The fourth-order valence-corrected chi connectivity index (χ4v) is 2.53. The van der Waals surface area contributed by atoms with Crippen LogP contribution in [0, 0.1) is 6.92 Å². The topological polar surface area (TPSA) is 74.2 Å². The van der Waals surface area contributed by atoms with E-state index in [1.54, 1.807) is 11.1 Å². The largest absolute Gasteiger partial charge is 0.353 e. The number of amides is 1. The van der Waals surface area contributed by atoms with Crippen LogP contribution in [0.4, 0.5) is 11.8 Å². The molecule has 7 heteroatoms. The van der Waals surface area contributed by atoms with Gasteiger partial charge in [-0.15, -0.1) is 0 Å². The highest BCUT2D eigenvalue weighted by Crippen LogP contribution is 2.17. The Morgan fingerprint density at radius 3 is 2.78 bits per heavy atom. The summed E-state index contributed by atoms with van der Waals surface area (Å²) in [5.41, 5.74) is 2.00. The lowest BCUT2D eigenvalue weighted by Gasteiger charge is -2.33. The van der Waals surface area contributed by atoms with Crippen molar-refractivity contribution in [3.8, 4) is 0 Å². The maximum atomic E-state index is 10.8. The molecule has 1 saturated heterocycles. The molecule has 2 aromatic heterocycles. The predicted molar refractivity (Wildman–Crippen MR) is 88.2 cm³/mol. The molecule has 0 aromatic carbocycles. The maximum absolute atomic E-state index is 10.8. The molecule has 0 spiro atoms. The van der Waals surface area contributed by atoms with Gasteiger partial charge in [0.15, 0.2) is 0 Å². The van der Waals surface area contributed by atoms with Crippen molar-refractivity contribution in [2.75, 3.05) is 36.4 Å². The minimum Gasteiger partial charge on any atom is -0.353 e. The Hall–Kier alpha value is -2.70. The van der Waals surface area contributed by atoms with Gasteiger partial charge in [0.2, 0.25) is 12.4 Å². The number of aromatic nitrogens is 3. The van der Waals surface area contributed by atoms with E-state index in [2.05, 4.69) is 25.2 Å². The molecule has 0 aliphatic carbocycles. The fraction of sp³-hybridized carbons (Fsp3) is 0.375. The zero-order valence-electron chi connectivity index (χ0n) is 13.1. The van der Waals surface area contributed by atoms with Gasteiger partial charge in [0.05, 0.1) is 0 Å². The molecule has 23 heavy (non-hydrogen) atoms. The summed E-state index contributed by atoms with van der Waals surface area (Å²) in [5.74, 6) is 1.51. The molecule has 1 aliphatic rings. The van der Waals surface area contributed by atoms with Gasteiger partial charge < -0.3 is 15.1 Å². The number of anilines is 2. The number of piperazine rings is 1. The second-order valence-electron chi connectivity index (χ2n) is 5.53. The number of nitrogens with zero attached hydrogens (tertiary/aromatic N) is 5. The average molecular weight is 312 g/mol. The first-order chi connectivity index (χ1) is 11.2. The molecule has 0 unspecified atom stereocenters. The smallest absolute Gasteiger partial charge is 0.225 e. The van der Waals surface area contributed by atoms with Crippen molar-refractivity contribution >= 4 is 18.2 Å². The van der Waals surface area contributed by atoms with Gasteiger partial charge in [-0.2, -0.15) is 4.98 Å². The van der Waals surface area contributed by atoms with E-state index >= 15 is 0 Å². The molecule has 1 amide bonds. The third-order valence-electron chi connectivity index (χ3n) is 3.80. The van der Waals surface area contributed by atoms with Gasteiger partial charge in [-0.1, -0.05) is 6.07 Å². The summed E-state index contributed by atoms with van der Waals surface area (Å²) >= 11 is 0. The summed E-state index contributed by atoms with van der Waals surface area (Å²) in [7, 11) is 0. The zero-order chi connectivity index (χ0) is 16.1. The number of aryl methyl sites for hydroxylation is 1.